The third-order valence-electron chi connectivity index (χ3n) is 1.10. The molecule has 0 atom stereocenters. The van der Waals surface area contributed by atoms with E-state index in [-0.39, 0.29) is 0 Å². The van der Waals surface area contributed by atoms with Gasteiger partial charge in [0.25, 0.3) is 0 Å². The first-order valence-corrected chi connectivity index (χ1v) is 3.85. The van der Waals surface area contributed by atoms with Crippen molar-refractivity contribution in [2.24, 2.45) is 0 Å². The third-order valence-corrected chi connectivity index (χ3v) is 1.87. The molecule has 0 radical (unpaired) electrons. The zero-order valence-electron chi connectivity index (χ0n) is 5.98. The Bertz CT molecular complexity index is 275. The van der Waals surface area contributed by atoms with Crippen LogP contribution >= 0.6 is 11.3 Å². The average molecular weight is 169 g/mol. The average Bonchev–Trinajstić information content (AvgIpc) is 2.39. The van der Waals surface area contributed by atoms with Gasteiger partial charge in [0.15, 0.2) is 6.19 Å². The Labute approximate surface area is 68.1 Å². The van der Waals surface area contributed by atoms with Crippen molar-refractivity contribution in [1.82, 2.24) is 10.2 Å². The van der Waals surface area contributed by atoms with Crippen molar-refractivity contribution in [1.29, 1.82) is 5.26 Å². The first-order valence-electron chi connectivity index (χ1n) is 3.04. The van der Waals surface area contributed by atoms with Crippen molar-refractivity contribution in [3.63, 3.8) is 0 Å². The maximum atomic E-state index is 8.56. The molecule has 1 rings (SSSR count). The molecule has 0 aromatic carbocycles. The molecule has 0 aliphatic heterocycles. The van der Waals surface area contributed by atoms with Gasteiger partial charge in [0.1, 0.15) is 0 Å². The minimum absolute atomic E-state index is 0.383. The molecular weight excluding hydrogens is 162 g/mol. The van der Waals surface area contributed by atoms with Gasteiger partial charge in [-0.2, -0.15) is 5.26 Å². The molecule has 0 amide bonds. The van der Waals surface area contributed by atoms with Crippen LogP contribution in [-0.4, -0.2) is 16.7 Å². The lowest BCUT2D eigenvalue weighted by atomic mass is 10.7. The number of nitrogens with zero attached hydrogens (tertiary/aromatic N) is 4. The Hall–Kier alpha value is -1.35. The van der Waals surface area contributed by atoms with Crippen LogP contribution < -0.4 is 10.6 Å². The fourth-order valence-corrected chi connectivity index (χ4v) is 1.21. The molecule has 0 spiro atoms. The lowest BCUT2D eigenvalue weighted by Crippen LogP contribution is -2.14. The molecule has 0 saturated heterocycles. The number of rotatable bonds is 2. The highest BCUT2D eigenvalue weighted by molar-refractivity contribution is 7.18. The van der Waals surface area contributed by atoms with Gasteiger partial charge in [-0.15, -0.1) is 10.2 Å². The zero-order valence-corrected chi connectivity index (χ0v) is 6.80. The second kappa shape index (κ2) is 3.16. The molecule has 6 heteroatoms. The molecule has 0 aliphatic carbocycles. The predicted octanol–water partition coefficient (Wildman–Crippen LogP) is 0.428. The number of anilines is 2. The topological polar surface area (TPSA) is 78.8 Å². The normalized spacial score (nSPS) is 9.09. The van der Waals surface area contributed by atoms with Crippen LogP contribution in [-0.2, 0) is 0 Å². The van der Waals surface area contributed by atoms with Gasteiger partial charge in [-0.1, -0.05) is 11.3 Å². The van der Waals surface area contributed by atoms with Gasteiger partial charge >= 0.3 is 0 Å². The van der Waals surface area contributed by atoms with Gasteiger partial charge in [-0.3, -0.25) is 4.90 Å². The molecule has 58 valence electrons. The summed E-state index contributed by atoms with van der Waals surface area (Å²) in [7, 11) is 0. The summed E-state index contributed by atoms with van der Waals surface area (Å²) in [5.41, 5.74) is 5.33. The zero-order chi connectivity index (χ0) is 8.27. The van der Waals surface area contributed by atoms with E-state index >= 15 is 0 Å². The van der Waals surface area contributed by atoms with Crippen LogP contribution in [0.5, 0.6) is 0 Å². The molecular formula is C5H7N5S. The minimum atomic E-state index is 0.383. The fraction of sp³-hybridized carbons (Fsp3) is 0.400. The standard InChI is InChI=1S/C5H7N5S/c1-2-10(3-6)5-9-8-4(7)11-5/h2H2,1H3,(H2,7,8). The van der Waals surface area contributed by atoms with Crippen LogP contribution in [0.4, 0.5) is 10.3 Å². The second-order valence-electron chi connectivity index (χ2n) is 1.77. The first kappa shape index (κ1) is 7.75. The molecule has 1 aromatic heterocycles. The van der Waals surface area contributed by atoms with Crippen LogP contribution in [0.1, 0.15) is 6.92 Å². The van der Waals surface area contributed by atoms with Crippen molar-refractivity contribution in [2.75, 3.05) is 17.2 Å². The quantitative estimate of drug-likeness (QED) is 0.513. The van der Waals surface area contributed by atoms with E-state index < -0.39 is 0 Å². The monoisotopic (exact) mass is 169 g/mol. The summed E-state index contributed by atoms with van der Waals surface area (Å²) in [4.78, 5) is 1.42. The third kappa shape index (κ3) is 1.56. The fourth-order valence-electron chi connectivity index (χ4n) is 0.584. The molecule has 11 heavy (non-hydrogen) atoms. The van der Waals surface area contributed by atoms with E-state index in [9.17, 15) is 0 Å². The highest BCUT2D eigenvalue weighted by Crippen LogP contribution is 2.20. The van der Waals surface area contributed by atoms with Crippen molar-refractivity contribution in [2.45, 2.75) is 6.92 Å². The number of nitrogens with two attached hydrogens (primary N) is 1. The Balaban J connectivity index is 2.84. The second-order valence-corrected chi connectivity index (χ2v) is 2.75. The minimum Gasteiger partial charge on any atom is -0.374 e. The molecule has 0 fully saturated rings. The summed E-state index contributed by atoms with van der Waals surface area (Å²) in [5.74, 6) is 0. The van der Waals surface area contributed by atoms with Gasteiger partial charge in [0.05, 0.1) is 0 Å². The summed E-state index contributed by atoms with van der Waals surface area (Å²) in [6.07, 6.45) is 1.97. The summed E-state index contributed by atoms with van der Waals surface area (Å²) in [6.45, 7) is 2.45. The van der Waals surface area contributed by atoms with Crippen molar-refractivity contribution >= 4 is 21.6 Å². The van der Waals surface area contributed by atoms with Crippen LogP contribution in [0.3, 0.4) is 0 Å². The van der Waals surface area contributed by atoms with Crippen LogP contribution in [0, 0.1) is 11.5 Å². The lowest BCUT2D eigenvalue weighted by molar-refractivity contribution is 0.975. The molecule has 5 nitrogen and oxygen atoms in total. The van der Waals surface area contributed by atoms with E-state index in [4.69, 9.17) is 11.0 Å². The SMILES string of the molecule is CCN(C#N)c1nnc(N)s1. The van der Waals surface area contributed by atoms with Gasteiger partial charge < -0.3 is 5.73 Å². The first-order chi connectivity index (χ1) is 5.27. The highest BCUT2D eigenvalue weighted by atomic mass is 32.1. The molecule has 2 N–H and O–H groups in total. The maximum Gasteiger partial charge on any atom is 0.223 e. The Kier molecular flexibility index (Phi) is 2.23. The molecule has 1 heterocycles. The van der Waals surface area contributed by atoms with Gasteiger partial charge in [0, 0.05) is 6.54 Å². The molecule has 0 saturated carbocycles. The molecule has 0 bridgehead atoms. The van der Waals surface area contributed by atoms with Crippen molar-refractivity contribution in [3.05, 3.63) is 0 Å². The number of hydrogen-bond donors (Lipinski definition) is 1. The van der Waals surface area contributed by atoms with Gasteiger partial charge in [-0.25, -0.2) is 0 Å². The maximum absolute atomic E-state index is 8.56. The number of aromatic nitrogens is 2. The molecule has 0 aliphatic rings. The molecule has 1 aromatic rings. The Morgan fingerprint density at radius 2 is 2.45 bits per heavy atom. The van der Waals surface area contributed by atoms with Crippen LogP contribution in [0.25, 0.3) is 0 Å². The smallest absolute Gasteiger partial charge is 0.223 e. The van der Waals surface area contributed by atoms with E-state index in [0.717, 1.165) is 0 Å². The van der Waals surface area contributed by atoms with Gasteiger partial charge in [0.2, 0.25) is 10.3 Å². The summed E-state index contributed by atoms with van der Waals surface area (Å²) in [5, 5.41) is 16.8. The van der Waals surface area contributed by atoms with Gasteiger partial charge in [-0.05, 0) is 6.92 Å². The van der Waals surface area contributed by atoms with Crippen LogP contribution in [0.2, 0.25) is 0 Å². The Morgan fingerprint density at radius 1 is 1.73 bits per heavy atom. The van der Waals surface area contributed by atoms with Crippen LogP contribution in [0.15, 0.2) is 0 Å². The number of nitriles is 1. The largest absolute Gasteiger partial charge is 0.374 e. The highest BCUT2D eigenvalue weighted by Gasteiger charge is 2.07. The molecule has 0 unspecified atom stereocenters. The van der Waals surface area contributed by atoms with E-state index in [0.29, 0.717) is 16.8 Å². The van der Waals surface area contributed by atoms with Crippen molar-refractivity contribution < 1.29 is 0 Å². The Morgan fingerprint density at radius 3 is 2.82 bits per heavy atom. The van der Waals surface area contributed by atoms with E-state index in [1.807, 2.05) is 13.1 Å². The summed E-state index contributed by atoms with van der Waals surface area (Å²) < 4.78 is 0. The summed E-state index contributed by atoms with van der Waals surface area (Å²) >= 11 is 1.20. The summed E-state index contributed by atoms with van der Waals surface area (Å²) in [6, 6.07) is 0. The lowest BCUT2D eigenvalue weighted by Gasteiger charge is -2.05. The van der Waals surface area contributed by atoms with E-state index in [1.54, 1.807) is 0 Å². The van der Waals surface area contributed by atoms with E-state index in [2.05, 4.69) is 10.2 Å². The predicted molar refractivity (Wildman–Crippen MR) is 43.0 cm³/mol. The number of hydrogen-bond acceptors (Lipinski definition) is 6. The van der Waals surface area contributed by atoms with Crippen molar-refractivity contribution in [3.8, 4) is 6.19 Å². The van der Waals surface area contributed by atoms with E-state index in [1.165, 1.54) is 16.2 Å². The number of nitrogen functional groups attached to an aromatic ring is 1.